The van der Waals surface area contributed by atoms with Gasteiger partial charge in [0.15, 0.2) is 0 Å². The van der Waals surface area contributed by atoms with Crippen molar-refractivity contribution in [3.8, 4) is 0 Å². The highest BCUT2D eigenvalue weighted by atomic mass is 15.2. The highest BCUT2D eigenvalue weighted by Crippen LogP contribution is 2.50. The number of benzene rings is 1. The quantitative estimate of drug-likeness (QED) is 0.823. The molecule has 1 saturated carbocycles. The lowest BCUT2D eigenvalue weighted by Gasteiger charge is -2.18. The van der Waals surface area contributed by atoms with Crippen molar-refractivity contribution in [1.29, 1.82) is 0 Å². The second-order valence-corrected chi connectivity index (χ2v) is 5.22. The van der Waals surface area contributed by atoms with Crippen LogP contribution in [0, 0.1) is 17.8 Å². The van der Waals surface area contributed by atoms with Gasteiger partial charge < -0.3 is 10.6 Å². The smallest absolute Gasteiger partial charge is 0.00221 e. The average Bonchev–Trinajstić information content (AvgIpc) is 2.81. The molecule has 0 radical (unpaired) electrons. The third-order valence-corrected chi connectivity index (χ3v) is 4.28. The van der Waals surface area contributed by atoms with E-state index in [2.05, 4.69) is 35.2 Å². The van der Waals surface area contributed by atoms with Crippen molar-refractivity contribution in [3.05, 3.63) is 35.9 Å². The molecule has 0 aromatic heterocycles. The van der Waals surface area contributed by atoms with Gasteiger partial charge in [0, 0.05) is 19.6 Å². The number of piperidine rings is 1. The maximum atomic E-state index is 5.72. The predicted octanol–water partition coefficient (Wildman–Crippen LogP) is 1.37. The Balaban J connectivity index is 1.45. The predicted molar refractivity (Wildman–Crippen MR) is 66.1 cm³/mol. The molecule has 0 bridgehead atoms. The summed E-state index contributed by atoms with van der Waals surface area (Å²) in [6.45, 7) is 4.70. The van der Waals surface area contributed by atoms with E-state index in [4.69, 9.17) is 5.73 Å². The van der Waals surface area contributed by atoms with Crippen LogP contribution in [-0.4, -0.2) is 31.1 Å². The Hall–Kier alpha value is -0.860. The van der Waals surface area contributed by atoms with Crippen molar-refractivity contribution < 1.29 is 0 Å². The first-order valence-electron chi connectivity index (χ1n) is 6.35. The van der Waals surface area contributed by atoms with Crippen LogP contribution in [0.2, 0.25) is 0 Å². The molecule has 1 saturated heterocycles. The van der Waals surface area contributed by atoms with E-state index in [1.807, 2.05) is 0 Å². The summed E-state index contributed by atoms with van der Waals surface area (Å²) in [6, 6.07) is 10.8. The number of hydrogen-bond donors (Lipinski definition) is 1. The fourth-order valence-electron chi connectivity index (χ4n) is 3.20. The zero-order valence-electron chi connectivity index (χ0n) is 9.68. The third-order valence-electron chi connectivity index (χ3n) is 4.28. The van der Waals surface area contributed by atoms with Gasteiger partial charge in [0.05, 0.1) is 0 Å². The molecule has 86 valence electrons. The van der Waals surface area contributed by atoms with Gasteiger partial charge in [-0.3, -0.25) is 0 Å². The molecule has 1 aromatic rings. The molecular formula is C14H20N2. The van der Waals surface area contributed by atoms with Crippen molar-refractivity contribution in [1.82, 2.24) is 4.90 Å². The van der Waals surface area contributed by atoms with Crippen LogP contribution in [0.5, 0.6) is 0 Å². The van der Waals surface area contributed by atoms with E-state index in [9.17, 15) is 0 Å². The second kappa shape index (κ2) is 4.19. The van der Waals surface area contributed by atoms with E-state index >= 15 is 0 Å². The van der Waals surface area contributed by atoms with Gasteiger partial charge >= 0.3 is 0 Å². The van der Waals surface area contributed by atoms with Gasteiger partial charge in [0.25, 0.3) is 0 Å². The number of nitrogens with two attached hydrogens (primary N) is 1. The first-order valence-corrected chi connectivity index (χ1v) is 6.35. The monoisotopic (exact) mass is 216 g/mol. The zero-order chi connectivity index (χ0) is 11.0. The van der Waals surface area contributed by atoms with Gasteiger partial charge in [-0.15, -0.1) is 0 Å². The first kappa shape index (κ1) is 10.3. The van der Waals surface area contributed by atoms with Gasteiger partial charge in [-0.05, 0) is 36.3 Å². The largest absolute Gasteiger partial charge is 0.330 e. The molecule has 2 aliphatic rings. The molecule has 0 spiro atoms. The molecule has 2 N–H and O–H groups in total. The van der Waals surface area contributed by atoms with Gasteiger partial charge in [-0.25, -0.2) is 0 Å². The Morgan fingerprint density at radius 3 is 2.44 bits per heavy atom. The minimum atomic E-state index is 0.855. The summed E-state index contributed by atoms with van der Waals surface area (Å²) in [7, 11) is 0. The lowest BCUT2D eigenvalue weighted by Crippen LogP contribution is -2.28. The van der Waals surface area contributed by atoms with E-state index < -0.39 is 0 Å². The van der Waals surface area contributed by atoms with Gasteiger partial charge in [-0.2, -0.15) is 0 Å². The van der Waals surface area contributed by atoms with Crippen LogP contribution in [0.1, 0.15) is 5.56 Å². The lowest BCUT2D eigenvalue weighted by molar-refractivity contribution is 0.290. The molecule has 2 nitrogen and oxygen atoms in total. The Morgan fingerprint density at radius 1 is 1.12 bits per heavy atom. The van der Waals surface area contributed by atoms with Crippen molar-refractivity contribution in [3.63, 3.8) is 0 Å². The van der Waals surface area contributed by atoms with Crippen molar-refractivity contribution >= 4 is 0 Å². The molecule has 1 aliphatic heterocycles. The summed E-state index contributed by atoms with van der Waals surface area (Å²) in [5.41, 5.74) is 7.17. The summed E-state index contributed by atoms with van der Waals surface area (Å²) in [4.78, 5) is 2.61. The molecule has 1 unspecified atom stereocenters. The molecule has 3 rings (SSSR count). The maximum Gasteiger partial charge on any atom is 0.00221 e. The second-order valence-electron chi connectivity index (χ2n) is 5.22. The van der Waals surface area contributed by atoms with Gasteiger partial charge in [0.1, 0.15) is 0 Å². The van der Waals surface area contributed by atoms with Crippen LogP contribution in [0.3, 0.4) is 0 Å². The topological polar surface area (TPSA) is 29.3 Å². The molecule has 0 amide bonds. The SMILES string of the molecule is NCC1[C@H]2CN(CCc3ccccc3)C[C@@H]12. The Bertz CT molecular complexity index is 337. The number of hydrogen-bond acceptors (Lipinski definition) is 2. The molecule has 1 aromatic carbocycles. The summed E-state index contributed by atoms with van der Waals surface area (Å²) in [5.74, 6) is 2.72. The molecule has 3 atom stereocenters. The average molecular weight is 216 g/mol. The maximum absolute atomic E-state index is 5.72. The number of fused-ring (bicyclic) bond motifs is 1. The van der Waals surface area contributed by atoms with E-state index in [1.165, 1.54) is 31.6 Å². The molecule has 1 aliphatic carbocycles. The third kappa shape index (κ3) is 1.87. The highest BCUT2D eigenvalue weighted by molar-refractivity contribution is 5.15. The summed E-state index contributed by atoms with van der Waals surface area (Å²) in [5, 5.41) is 0. The van der Waals surface area contributed by atoms with Crippen LogP contribution in [0.25, 0.3) is 0 Å². The Labute approximate surface area is 97.4 Å². The summed E-state index contributed by atoms with van der Waals surface area (Å²) < 4.78 is 0. The first-order chi connectivity index (χ1) is 7.88. The summed E-state index contributed by atoms with van der Waals surface area (Å²) >= 11 is 0. The van der Waals surface area contributed by atoms with E-state index in [0.717, 1.165) is 24.3 Å². The van der Waals surface area contributed by atoms with E-state index in [-0.39, 0.29) is 0 Å². The fraction of sp³-hybridized carbons (Fsp3) is 0.571. The van der Waals surface area contributed by atoms with Crippen LogP contribution in [0.15, 0.2) is 30.3 Å². The van der Waals surface area contributed by atoms with Crippen LogP contribution in [0.4, 0.5) is 0 Å². The van der Waals surface area contributed by atoms with E-state index in [1.54, 1.807) is 0 Å². The molecule has 1 heterocycles. The normalized spacial score (nSPS) is 32.7. The van der Waals surface area contributed by atoms with Crippen LogP contribution >= 0.6 is 0 Å². The van der Waals surface area contributed by atoms with Crippen LogP contribution in [-0.2, 0) is 6.42 Å². The van der Waals surface area contributed by atoms with Gasteiger partial charge in [0.2, 0.25) is 0 Å². The van der Waals surface area contributed by atoms with Crippen molar-refractivity contribution in [2.75, 3.05) is 26.2 Å². The molecule has 16 heavy (non-hydrogen) atoms. The standard InChI is InChI=1S/C14H20N2/c15-8-12-13-9-16(10-14(12)13)7-6-11-4-2-1-3-5-11/h1-5,12-14H,6-10,15H2/t12?,13-,14+. The minimum Gasteiger partial charge on any atom is -0.330 e. The Kier molecular flexibility index (Phi) is 2.70. The number of likely N-dealkylation sites (tertiary alicyclic amines) is 1. The Morgan fingerprint density at radius 2 is 1.81 bits per heavy atom. The number of rotatable bonds is 4. The van der Waals surface area contributed by atoms with Crippen LogP contribution < -0.4 is 5.73 Å². The molecule has 2 fully saturated rings. The minimum absolute atomic E-state index is 0.855. The van der Waals surface area contributed by atoms with Crippen molar-refractivity contribution in [2.45, 2.75) is 6.42 Å². The fourth-order valence-corrected chi connectivity index (χ4v) is 3.20. The molecular weight excluding hydrogens is 196 g/mol. The highest BCUT2D eigenvalue weighted by Gasteiger charge is 2.54. The summed E-state index contributed by atoms with van der Waals surface area (Å²) in [6.07, 6.45) is 1.19. The van der Waals surface area contributed by atoms with Gasteiger partial charge in [-0.1, -0.05) is 30.3 Å². The lowest BCUT2D eigenvalue weighted by atomic mass is 10.1. The number of nitrogens with zero attached hydrogens (tertiary/aromatic N) is 1. The van der Waals surface area contributed by atoms with E-state index in [0.29, 0.717) is 0 Å². The molecule has 2 heteroatoms. The van der Waals surface area contributed by atoms with Crippen molar-refractivity contribution in [2.24, 2.45) is 23.5 Å². The zero-order valence-corrected chi connectivity index (χ0v) is 9.68.